The molecule has 2 atom stereocenters. The summed E-state index contributed by atoms with van der Waals surface area (Å²) in [4.78, 5) is 33.9. The van der Waals surface area contributed by atoms with Gasteiger partial charge in [-0.1, -0.05) is 36.4 Å². The lowest BCUT2D eigenvalue weighted by Gasteiger charge is -2.39. The van der Waals surface area contributed by atoms with Gasteiger partial charge in [-0.05, 0) is 42.5 Å². The number of hydrogen-bond acceptors (Lipinski definition) is 6. The number of pyridine rings is 2. The topological polar surface area (TPSA) is 106 Å². The van der Waals surface area contributed by atoms with Crippen LogP contribution in [0.1, 0.15) is 61.5 Å². The molecule has 0 saturated heterocycles. The number of nitrogens with zero attached hydrogens (tertiary/aromatic N) is 2. The van der Waals surface area contributed by atoms with Crippen molar-refractivity contribution < 1.29 is 19.8 Å². The molecule has 0 fully saturated rings. The van der Waals surface area contributed by atoms with Gasteiger partial charge in [0.2, 0.25) is 0 Å². The zero-order valence-electron chi connectivity index (χ0n) is 16.4. The molecule has 0 amide bonds. The van der Waals surface area contributed by atoms with E-state index in [-0.39, 0.29) is 23.0 Å². The fourth-order valence-electron chi connectivity index (χ4n) is 5.52. The summed E-state index contributed by atoms with van der Waals surface area (Å²) >= 11 is 0. The Morgan fingerprint density at radius 1 is 0.710 bits per heavy atom. The average Bonchev–Trinajstić information content (AvgIpc) is 2.76. The van der Waals surface area contributed by atoms with Crippen molar-refractivity contribution in [1.29, 1.82) is 0 Å². The summed E-state index contributed by atoms with van der Waals surface area (Å²) in [6.45, 7) is 0. The normalized spacial score (nSPS) is 19.1. The van der Waals surface area contributed by atoms with E-state index in [0.29, 0.717) is 45.8 Å². The Balaban J connectivity index is 1.62. The second-order valence-electron chi connectivity index (χ2n) is 8.35. The van der Waals surface area contributed by atoms with Gasteiger partial charge in [-0.2, -0.15) is 0 Å². The predicted octanol–water partition coefficient (Wildman–Crippen LogP) is 1.88. The van der Waals surface area contributed by atoms with Crippen LogP contribution in [0.5, 0.6) is 0 Å². The van der Waals surface area contributed by atoms with Gasteiger partial charge in [0, 0.05) is 45.1 Å². The van der Waals surface area contributed by atoms with E-state index in [4.69, 9.17) is 9.97 Å². The molecule has 0 aliphatic heterocycles. The van der Waals surface area contributed by atoms with E-state index in [1.807, 2.05) is 12.1 Å². The Bertz CT molecular complexity index is 1330. The summed E-state index contributed by atoms with van der Waals surface area (Å²) < 4.78 is 0. The Morgan fingerprint density at radius 2 is 1.13 bits per heavy atom. The molecule has 2 aliphatic carbocycles. The van der Waals surface area contributed by atoms with Crippen molar-refractivity contribution in [3.63, 3.8) is 0 Å². The van der Waals surface area contributed by atoms with Gasteiger partial charge < -0.3 is 19.8 Å². The zero-order chi connectivity index (χ0) is 21.3. The predicted molar refractivity (Wildman–Crippen MR) is 110 cm³/mol. The number of aromatic nitrogens is 2. The molecule has 6 nitrogen and oxygen atoms in total. The molecular weight excluding hydrogens is 392 g/mol. The van der Waals surface area contributed by atoms with Gasteiger partial charge in [-0.25, -0.2) is 0 Å². The number of carboxylic acids is 2. The molecule has 2 heterocycles. The minimum atomic E-state index is -1.21. The van der Waals surface area contributed by atoms with Crippen LogP contribution in [0.25, 0.3) is 21.8 Å². The van der Waals surface area contributed by atoms with E-state index < -0.39 is 11.9 Å². The van der Waals surface area contributed by atoms with Gasteiger partial charge in [0.15, 0.2) is 0 Å². The fourth-order valence-corrected chi connectivity index (χ4v) is 5.52. The highest BCUT2D eigenvalue weighted by molar-refractivity contribution is 6.04. The van der Waals surface area contributed by atoms with Crippen molar-refractivity contribution in [3.8, 4) is 0 Å². The Kier molecular flexibility index (Phi) is 3.69. The third-order valence-corrected chi connectivity index (χ3v) is 6.70. The third-order valence-electron chi connectivity index (χ3n) is 6.70. The van der Waals surface area contributed by atoms with Gasteiger partial charge >= 0.3 is 0 Å². The third kappa shape index (κ3) is 2.51. The van der Waals surface area contributed by atoms with Crippen LogP contribution >= 0.6 is 0 Å². The maximum absolute atomic E-state index is 12.1. The van der Waals surface area contributed by atoms with Crippen LogP contribution in [-0.2, 0) is 12.8 Å². The summed E-state index contributed by atoms with van der Waals surface area (Å²) in [5.74, 6) is -2.58. The first kappa shape index (κ1) is 18.0. The first-order valence-electron chi connectivity index (χ1n) is 10.3. The second kappa shape index (κ2) is 6.35. The molecule has 2 aromatic heterocycles. The van der Waals surface area contributed by atoms with Crippen molar-refractivity contribution in [3.05, 3.63) is 82.2 Å². The highest BCUT2D eigenvalue weighted by Crippen LogP contribution is 2.48. The van der Waals surface area contributed by atoms with E-state index in [1.165, 1.54) is 0 Å². The minimum absolute atomic E-state index is 0.0787. The van der Waals surface area contributed by atoms with Crippen molar-refractivity contribution in [2.75, 3.05) is 0 Å². The van der Waals surface area contributed by atoms with E-state index in [1.54, 1.807) is 36.4 Å². The molecule has 2 aliphatic rings. The summed E-state index contributed by atoms with van der Waals surface area (Å²) in [6, 6.07) is 14.3. The smallest absolute Gasteiger partial charge is 0.0725 e. The Hall–Kier alpha value is -3.80. The number of aromatic carboxylic acids is 2. The van der Waals surface area contributed by atoms with Crippen molar-refractivity contribution in [2.24, 2.45) is 0 Å². The Morgan fingerprint density at radius 3 is 1.55 bits per heavy atom. The van der Waals surface area contributed by atoms with Crippen LogP contribution in [0.3, 0.4) is 0 Å². The molecular formula is C25H16N2O4-2. The number of rotatable bonds is 2. The van der Waals surface area contributed by atoms with E-state index in [2.05, 4.69) is 0 Å². The first-order chi connectivity index (χ1) is 15.0. The molecule has 0 unspecified atom stereocenters. The summed E-state index contributed by atoms with van der Waals surface area (Å²) in [7, 11) is 0. The molecule has 6 heteroatoms. The van der Waals surface area contributed by atoms with Crippen LogP contribution < -0.4 is 10.2 Å². The largest absolute Gasteiger partial charge is 0.545 e. The highest BCUT2D eigenvalue weighted by Gasteiger charge is 2.39. The van der Waals surface area contributed by atoms with Gasteiger partial charge in [0.05, 0.1) is 23.0 Å². The van der Waals surface area contributed by atoms with Gasteiger partial charge in [0.25, 0.3) is 0 Å². The Labute approximate surface area is 177 Å². The van der Waals surface area contributed by atoms with E-state index in [9.17, 15) is 19.8 Å². The van der Waals surface area contributed by atoms with E-state index >= 15 is 0 Å². The summed E-state index contributed by atoms with van der Waals surface area (Å²) in [5.41, 5.74) is 4.46. The number of carboxylic acid groups (broad SMARTS) is 2. The molecule has 152 valence electrons. The quantitative estimate of drug-likeness (QED) is 0.501. The van der Waals surface area contributed by atoms with Gasteiger partial charge in [-0.15, -0.1) is 0 Å². The van der Waals surface area contributed by atoms with Crippen LogP contribution in [-0.4, -0.2) is 21.9 Å². The molecule has 0 saturated carbocycles. The maximum atomic E-state index is 12.1. The number of carbonyl (C=O) groups excluding carboxylic acids is 2. The van der Waals surface area contributed by atoms with Gasteiger partial charge in [0.1, 0.15) is 0 Å². The van der Waals surface area contributed by atoms with Crippen LogP contribution in [0.4, 0.5) is 0 Å². The standard InChI is InChI=1S/C25H18N2O4/c28-24(29)20-14-5-1-3-7-18(14)26-22-13-9-12(10-16(20)22)23-17(11-13)21(25(30)31)15-6-2-4-8-19(15)27-23/h1-8,12-13H,9-11H2,(H,28,29)(H,30,31)/p-2/t12-,13+. The maximum Gasteiger partial charge on any atom is 0.0725 e. The van der Waals surface area contributed by atoms with Crippen LogP contribution in [0, 0.1) is 0 Å². The van der Waals surface area contributed by atoms with Crippen molar-refractivity contribution >= 4 is 33.7 Å². The lowest BCUT2D eigenvalue weighted by atomic mass is 9.68. The summed E-state index contributed by atoms with van der Waals surface area (Å²) in [6.07, 6.45) is 1.64. The molecule has 0 spiro atoms. The molecule has 4 aromatic rings. The van der Waals surface area contributed by atoms with Crippen molar-refractivity contribution in [2.45, 2.75) is 31.1 Å². The lowest BCUT2D eigenvalue weighted by molar-refractivity contribution is -0.256. The highest BCUT2D eigenvalue weighted by atomic mass is 16.4. The SMILES string of the molecule is O=C([O-])c1c2c(nc3ccccc13)[C@@H]1Cc3c(nc4ccccc4c3C(=O)[O-])[C@@H](C2)C1. The number of para-hydroxylation sites is 2. The van der Waals surface area contributed by atoms with Crippen LogP contribution in [0.2, 0.25) is 0 Å². The fraction of sp³-hybridized carbons (Fsp3) is 0.200. The molecule has 31 heavy (non-hydrogen) atoms. The number of hydrogen-bond donors (Lipinski definition) is 0. The minimum Gasteiger partial charge on any atom is -0.545 e. The average molecular weight is 408 g/mol. The monoisotopic (exact) mass is 408 g/mol. The number of benzene rings is 2. The van der Waals surface area contributed by atoms with Crippen molar-refractivity contribution in [1.82, 2.24) is 9.97 Å². The molecule has 0 N–H and O–H groups in total. The van der Waals surface area contributed by atoms with Crippen LogP contribution in [0.15, 0.2) is 48.5 Å². The zero-order valence-corrected chi connectivity index (χ0v) is 16.4. The molecule has 6 rings (SSSR count). The second-order valence-corrected chi connectivity index (χ2v) is 8.35. The first-order valence-corrected chi connectivity index (χ1v) is 10.3. The van der Waals surface area contributed by atoms with Gasteiger partial charge in [-0.3, -0.25) is 9.97 Å². The number of fused-ring (bicyclic) bond motifs is 8. The molecule has 0 radical (unpaired) electrons. The summed E-state index contributed by atoms with van der Waals surface area (Å²) in [5, 5.41) is 25.4. The van der Waals surface area contributed by atoms with E-state index in [0.717, 1.165) is 17.8 Å². The molecule has 2 aromatic carbocycles. The lowest BCUT2D eigenvalue weighted by Crippen LogP contribution is -2.34. The molecule has 2 bridgehead atoms. The number of carbonyl (C=O) groups is 2.